The Kier molecular flexibility index (Phi) is 3.86. The number of benzene rings is 2. The summed E-state index contributed by atoms with van der Waals surface area (Å²) in [6.07, 6.45) is 0. The van der Waals surface area contributed by atoms with E-state index in [-0.39, 0.29) is 6.04 Å². The van der Waals surface area contributed by atoms with Crippen molar-refractivity contribution in [1.29, 1.82) is 0 Å². The van der Waals surface area contributed by atoms with E-state index in [1.807, 2.05) is 0 Å². The molecule has 0 fully saturated rings. The van der Waals surface area contributed by atoms with Crippen LogP contribution in [0.4, 0.5) is 0 Å². The maximum atomic E-state index is 3.61. The topological polar surface area (TPSA) is 12.0 Å². The highest BCUT2D eigenvalue weighted by Gasteiger charge is 2.16. The number of hydrogen-bond donors (Lipinski definition) is 1. The third-order valence-corrected chi connectivity index (χ3v) is 4.60. The van der Waals surface area contributed by atoms with Gasteiger partial charge in [0.1, 0.15) is 0 Å². The van der Waals surface area contributed by atoms with E-state index in [1.165, 1.54) is 27.5 Å². The summed E-state index contributed by atoms with van der Waals surface area (Å²) in [6, 6.07) is 15.6. The fraction of sp³-hybridized carbons (Fsp3) is 0.222. The van der Waals surface area contributed by atoms with E-state index in [9.17, 15) is 0 Å². The van der Waals surface area contributed by atoms with Crippen LogP contribution in [-0.2, 0) is 0 Å². The first-order valence-electron chi connectivity index (χ1n) is 7.04. The molecule has 1 atom stereocenters. The van der Waals surface area contributed by atoms with Crippen molar-refractivity contribution in [2.45, 2.75) is 19.9 Å². The highest BCUT2D eigenvalue weighted by Crippen LogP contribution is 2.29. The van der Waals surface area contributed by atoms with Crippen LogP contribution < -0.4 is 5.32 Å². The molecule has 0 aliphatic carbocycles. The van der Waals surface area contributed by atoms with Crippen LogP contribution in [0.25, 0.3) is 10.8 Å². The first-order valence-corrected chi connectivity index (χ1v) is 7.98. The van der Waals surface area contributed by atoms with Crippen molar-refractivity contribution < 1.29 is 0 Å². The molecule has 2 heteroatoms. The maximum absolute atomic E-state index is 3.61. The highest BCUT2D eigenvalue weighted by molar-refractivity contribution is 7.08. The van der Waals surface area contributed by atoms with Crippen LogP contribution >= 0.6 is 11.3 Å². The molecule has 0 aliphatic heterocycles. The van der Waals surface area contributed by atoms with E-state index in [2.05, 4.69) is 72.4 Å². The Labute approximate surface area is 124 Å². The number of hydrogen-bond acceptors (Lipinski definition) is 2. The van der Waals surface area contributed by atoms with Gasteiger partial charge in [0.2, 0.25) is 0 Å². The van der Waals surface area contributed by atoms with Gasteiger partial charge in [-0.1, -0.05) is 43.3 Å². The molecule has 0 saturated carbocycles. The standard InChI is InChI=1S/C18H19NS/c1-3-19-18(17-12-20-11-13(17)2)16-9-8-14-6-4-5-7-15(14)10-16/h4-12,18-19H,3H2,1-2H3. The lowest BCUT2D eigenvalue weighted by molar-refractivity contribution is 0.630. The van der Waals surface area contributed by atoms with Gasteiger partial charge in [-0.3, -0.25) is 0 Å². The first-order chi connectivity index (χ1) is 9.79. The molecular weight excluding hydrogens is 262 g/mol. The van der Waals surface area contributed by atoms with Gasteiger partial charge >= 0.3 is 0 Å². The molecule has 0 bridgehead atoms. The van der Waals surface area contributed by atoms with E-state index >= 15 is 0 Å². The Balaban J connectivity index is 2.07. The van der Waals surface area contributed by atoms with E-state index in [0.29, 0.717) is 0 Å². The second kappa shape index (κ2) is 5.78. The van der Waals surface area contributed by atoms with E-state index in [4.69, 9.17) is 0 Å². The summed E-state index contributed by atoms with van der Waals surface area (Å²) in [5.41, 5.74) is 4.10. The van der Waals surface area contributed by atoms with Gasteiger partial charge in [0.15, 0.2) is 0 Å². The molecule has 0 saturated heterocycles. The Morgan fingerprint density at radius 2 is 1.85 bits per heavy atom. The molecule has 3 rings (SSSR count). The molecular formula is C18H19NS. The second-order valence-corrected chi connectivity index (χ2v) is 5.85. The fourth-order valence-electron chi connectivity index (χ4n) is 2.66. The predicted molar refractivity (Wildman–Crippen MR) is 88.5 cm³/mol. The number of rotatable bonds is 4. The van der Waals surface area contributed by atoms with E-state index < -0.39 is 0 Å². The number of fused-ring (bicyclic) bond motifs is 1. The quantitative estimate of drug-likeness (QED) is 0.716. The lowest BCUT2D eigenvalue weighted by Gasteiger charge is -2.19. The number of nitrogens with one attached hydrogen (secondary N) is 1. The third kappa shape index (κ3) is 2.49. The molecule has 1 unspecified atom stereocenters. The molecule has 1 nitrogen and oxygen atoms in total. The van der Waals surface area contributed by atoms with Crippen LogP contribution in [0.15, 0.2) is 53.2 Å². The largest absolute Gasteiger partial charge is 0.306 e. The monoisotopic (exact) mass is 281 g/mol. The molecule has 0 aliphatic rings. The van der Waals surface area contributed by atoms with Crippen LogP contribution in [-0.4, -0.2) is 6.54 Å². The van der Waals surface area contributed by atoms with Crippen molar-refractivity contribution >= 4 is 22.1 Å². The normalized spacial score (nSPS) is 12.7. The summed E-state index contributed by atoms with van der Waals surface area (Å²) >= 11 is 1.78. The number of aryl methyl sites for hydroxylation is 1. The highest BCUT2D eigenvalue weighted by atomic mass is 32.1. The molecule has 1 N–H and O–H groups in total. The Bertz CT molecular complexity index is 714. The van der Waals surface area contributed by atoms with Crippen molar-refractivity contribution in [3.05, 3.63) is 69.9 Å². The van der Waals surface area contributed by atoms with E-state index in [1.54, 1.807) is 11.3 Å². The summed E-state index contributed by atoms with van der Waals surface area (Å²) < 4.78 is 0. The summed E-state index contributed by atoms with van der Waals surface area (Å²) in [4.78, 5) is 0. The van der Waals surface area contributed by atoms with Crippen molar-refractivity contribution in [2.24, 2.45) is 0 Å². The summed E-state index contributed by atoms with van der Waals surface area (Å²) in [7, 11) is 0. The Morgan fingerprint density at radius 1 is 1.05 bits per heavy atom. The van der Waals surface area contributed by atoms with E-state index in [0.717, 1.165) is 6.54 Å². The maximum Gasteiger partial charge on any atom is 0.0587 e. The van der Waals surface area contributed by atoms with Crippen LogP contribution in [0, 0.1) is 6.92 Å². The van der Waals surface area contributed by atoms with Crippen molar-refractivity contribution in [1.82, 2.24) is 5.32 Å². The minimum atomic E-state index is 0.288. The first kappa shape index (κ1) is 13.3. The Morgan fingerprint density at radius 3 is 2.55 bits per heavy atom. The van der Waals surface area contributed by atoms with Gasteiger partial charge in [-0.15, -0.1) is 0 Å². The lowest BCUT2D eigenvalue weighted by Crippen LogP contribution is -2.22. The summed E-state index contributed by atoms with van der Waals surface area (Å²) in [5, 5.41) is 10.7. The molecule has 0 amide bonds. The average molecular weight is 281 g/mol. The Hall–Kier alpha value is -1.64. The second-order valence-electron chi connectivity index (χ2n) is 5.11. The smallest absolute Gasteiger partial charge is 0.0587 e. The summed E-state index contributed by atoms with van der Waals surface area (Å²) in [5.74, 6) is 0. The van der Waals surface area contributed by atoms with Gasteiger partial charge in [0.05, 0.1) is 6.04 Å². The molecule has 0 spiro atoms. The van der Waals surface area contributed by atoms with Gasteiger partial charge < -0.3 is 5.32 Å². The zero-order valence-electron chi connectivity index (χ0n) is 11.9. The molecule has 1 heterocycles. The zero-order chi connectivity index (χ0) is 13.9. The van der Waals surface area contributed by atoms with Crippen LogP contribution in [0.2, 0.25) is 0 Å². The van der Waals surface area contributed by atoms with Gasteiger partial charge in [-0.25, -0.2) is 0 Å². The van der Waals surface area contributed by atoms with Gasteiger partial charge in [0, 0.05) is 0 Å². The third-order valence-electron chi connectivity index (χ3n) is 3.72. The minimum absolute atomic E-state index is 0.288. The predicted octanol–water partition coefficient (Wildman–Crippen LogP) is 4.91. The fourth-order valence-corrected chi connectivity index (χ4v) is 3.54. The van der Waals surface area contributed by atoms with Gasteiger partial charge in [0.25, 0.3) is 0 Å². The minimum Gasteiger partial charge on any atom is -0.306 e. The lowest BCUT2D eigenvalue weighted by atomic mass is 9.96. The summed E-state index contributed by atoms with van der Waals surface area (Å²) in [6.45, 7) is 5.32. The molecule has 0 radical (unpaired) electrons. The van der Waals surface area contributed by atoms with Crippen molar-refractivity contribution in [2.75, 3.05) is 6.54 Å². The van der Waals surface area contributed by atoms with Crippen molar-refractivity contribution in [3.63, 3.8) is 0 Å². The van der Waals surface area contributed by atoms with Crippen LogP contribution in [0.5, 0.6) is 0 Å². The zero-order valence-corrected chi connectivity index (χ0v) is 12.7. The van der Waals surface area contributed by atoms with Crippen LogP contribution in [0.1, 0.15) is 29.7 Å². The molecule has 102 valence electrons. The van der Waals surface area contributed by atoms with Crippen LogP contribution in [0.3, 0.4) is 0 Å². The molecule has 20 heavy (non-hydrogen) atoms. The number of thiophene rings is 1. The van der Waals surface area contributed by atoms with Crippen molar-refractivity contribution in [3.8, 4) is 0 Å². The van der Waals surface area contributed by atoms with Gasteiger partial charge in [-0.2, -0.15) is 11.3 Å². The molecule has 1 aromatic heterocycles. The SMILES string of the molecule is CCNC(c1ccc2ccccc2c1)c1cscc1C. The molecule has 3 aromatic rings. The average Bonchev–Trinajstić information content (AvgIpc) is 2.90. The molecule has 2 aromatic carbocycles. The van der Waals surface area contributed by atoms with Gasteiger partial charge in [-0.05, 0) is 57.8 Å².